The molecule has 0 spiro atoms. The molecule has 5 rings (SSSR count). The number of aromatic nitrogens is 3. The molecule has 46 heavy (non-hydrogen) atoms. The lowest BCUT2D eigenvalue weighted by Gasteiger charge is -2.44. The number of hydrogen-bond acceptors (Lipinski definition) is 7. The first kappa shape index (κ1) is 32.6. The molecule has 2 saturated carbocycles. The Morgan fingerprint density at radius 3 is 2.65 bits per heavy atom. The molecule has 2 aliphatic carbocycles. The highest BCUT2D eigenvalue weighted by Gasteiger charge is 2.38. The molecule has 0 aliphatic heterocycles. The number of aromatic amines is 1. The molecule has 0 saturated heterocycles. The molecule has 2 aliphatic rings. The molecule has 3 aromatic rings. The fraction of sp³-hybridized carbons (Fsp3) is 0.485. The van der Waals surface area contributed by atoms with Crippen molar-refractivity contribution in [3.05, 3.63) is 58.8 Å². The van der Waals surface area contributed by atoms with Gasteiger partial charge in [-0.3, -0.25) is 28.8 Å². The molecule has 2 heterocycles. The van der Waals surface area contributed by atoms with E-state index in [0.717, 1.165) is 25.2 Å². The van der Waals surface area contributed by atoms with Crippen molar-refractivity contribution in [1.29, 1.82) is 0 Å². The molecular weight excluding hydrogens is 590 g/mol. The maximum Gasteiger partial charge on any atom is 0.287 e. The van der Waals surface area contributed by atoms with E-state index in [1.54, 1.807) is 37.3 Å². The zero-order valence-corrected chi connectivity index (χ0v) is 26.1. The van der Waals surface area contributed by atoms with Crippen LogP contribution >= 0.6 is 0 Å². The number of amides is 4. The summed E-state index contributed by atoms with van der Waals surface area (Å²) in [7, 11) is 0. The number of carbonyl (C=O) groups is 5. The number of nitrogens with zero attached hydrogens (tertiary/aromatic N) is 2. The van der Waals surface area contributed by atoms with Gasteiger partial charge in [-0.2, -0.15) is 0 Å². The van der Waals surface area contributed by atoms with Crippen LogP contribution in [-0.2, 0) is 25.7 Å². The van der Waals surface area contributed by atoms with Crippen LogP contribution in [0.3, 0.4) is 0 Å². The van der Waals surface area contributed by atoms with Gasteiger partial charge >= 0.3 is 0 Å². The average molecular weight is 632 g/mol. The minimum Gasteiger partial charge on any atom is -0.351 e. The predicted molar refractivity (Wildman–Crippen MR) is 171 cm³/mol. The second kappa shape index (κ2) is 14.5. The molecule has 13 nitrogen and oxygen atoms in total. The van der Waals surface area contributed by atoms with E-state index in [9.17, 15) is 28.8 Å². The van der Waals surface area contributed by atoms with Gasteiger partial charge in [0.1, 0.15) is 18.3 Å². The minimum atomic E-state index is -1.29. The standard InChI is InChI=1S/C33H41N7O6/c1-3-34-31(44)26(41)14-13-24(37-32(45)29-35-22-10-4-5-11-23(22)36-29)30(43)38-25-12-7-15-40(33(25)46)18-27(42)39-28-19(2)16-20-8-6-9-21(28)17-20/h4-5,7,10-12,15,19-21,24,28H,3,6,8-9,13-14,16-18H2,1-2H3,(H,34,44)(H,35,36)(H,37,45)(H,38,43)(H,39,42). The first-order chi connectivity index (χ1) is 22.1. The SMILES string of the molecule is CCNC(=O)C(=O)CCC(NC(=O)c1nc2ccccc2[nH]1)C(=O)Nc1cccn(CC(=O)NC2C(C)CC3CCCC2C3)c1=O. The van der Waals surface area contributed by atoms with Crippen LogP contribution in [0.25, 0.3) is 11.0 Å². The lowest BCUT2D eigenvalue weighted by atomic mass is 9.65. The Labute approximate surface area is 266 Å². The van der Waals surface area contributed by atoms with Crippen LogP contribution in [0.5, 0.6) is 0 Å². The summed E-state index contributed by atoms with van der Waals surface area (Å²) in [5.41, 5.74) is 0.477. The van der Waals surface area contributed by atoms with Gasteiger partial charge in [0.2, 0.25) is 17.6 Å². The number of Topliss-reactive ketones (excluding diaryl/α,β-unsaturated/α-hetero) is 1. The number of pyridine rings is 1. The van der Waals surface area contributed by atoms with Crippen LogP contribution in [0.4, 0.5) is 5.69 Å². The number of hydrogen-bond donors (Lipinski definition) is 5. The van der Waals surface area contributed by atoms with E-state index >= 15 is 0 Å². The normalized spacial score (nSPS) is 21.2. The highest BCUT2D eigenvalue weighted by molar-refractivity contribution is 6.36. The van der Waals surface area contributed by atoms with Crippen molar-refractivity contribution in [1.82, 2.24) is 30.5 Å². The van der Waals surface area contributed by atoms with Crippen molar-refractivity contribution in [3.8, 4) is 0 Å². The monoisotopic (exact) mass is 631 g/mol. The average Bonchev–Trinajstić information content (AvgIpc) is 3.48. The van der Waals surface area contributed by atoms with Crippen LogP contribution in [0.2, 0.25) is 0 Å². The smallest absolute Gasteiger partial charge is 0.287 e. The largest absolute Gasteiger partial charge is 0.351 e. The lowest BCUT2D eigenvalue weighted by molar-refractivity contribution is -0.138. The maximum atomic E-state index is 13.4. The first-order valence-corrected chi connectivity index (χ1v) is 16.0. The van der Waals surface area contributed by atoms with Crippen molar-refractivity contribution in [2.45, 2.75) is 77.4 Å². The molecule has 1 aromatic carbocycles. The van der Waals surface area contributed by atoms with Crippen LogP contribution in [0, 0.1) is 17.8 Å². The Bertz CT molecular complexity index is 1640. The number of rotatable bonds is 12. The number of ketones is 1. The summed E-state index contributed by atoms with van der Waals surface area (Å²) in [6.07, 6.45) is 6.68. The van der Waals surface area contributed by atoms with Crippen LogP contribution in [-0.4, -0.2) is 62.6 Å². The summed E-state index contributed by atoms with van der Waals surface area (Å²) in [6, 6.07) is 8.74. The molecule has 2 aromatic heterocycles. The zero-order valence-electron chi connectivity index (χ0n) is 26.1. The Morgan fingerprint density at radius 1 is 1.07 bits per heavy atom. The summed E-state index contributed by atoms with van der Waals surface area (Å²) in [5, 5.41) is 10.7. The summed E-state index contributed by atoms with van der Waals surface area (Å²) in [5.74, 6) is -1.79. The van der Waals surface area contributed by atoms with E-state index in [1.165, 1.54) is 29.7 Å². The Balaban J connectivity index is 1.27. The topological polar surface area (TPSA) is 184 Å². The molecule has 0 radical (unpaired) electrons. The number of para-hydroxylation sites is 2. The molecule has 5 atom stereocenters. The number of likely N-dealkylation sites (N-methyl/N-ethyl adjacent to an activating group) is 1. The molecule has 244 valence electrons. The number of imidazole rings is 1. The van der Waals surface area contributed by atoms with E-state index in [0.29, 0.717) is 22.9 Å². The van der Waals surface area contributed by atoms with Gasteiger partial charge in [-0.25, -0.2) is 4.98 Å². The van der Waals surface area contributed by atoms with Gasteiger partial charge in [0, 0.05) is 25.2 Å². The van der Waals surface area contributed by atoms with E-state index < -0.39 is 35.1 Å². The molecule has 13 heteroatoms. The highest BCUT2D eigenvalue weighted by Crippen LogP contribution is 2.42. The van der Waals surface area contributed by atoms with Crippen molar-refractivity contribution < 1.29 is 24.0 Å². The molecule has 2 fully saturated rings. The Morgan fingerprint density at radius 2 is 1.87 bits per heavy atom. The highest BCUT2D eigenvalue weighted by atomic mass is 16.2. The predicted octanol–water partition coefficient (Wildman–Crippen LogP) is 2.28. The van der Waals surface area contributed by atoms with Gasteiger partial charge < -0.3 is 30.8 Å². The minimum absolute atomic E-state index is 0.0434. The fourth-order valence-corrected chi connectivity index (χ4v) is 6.84. The first-order valence-electron chi connectivity index (χ1n) is 16.0. The maximum absolute atomic E-state index is 13.4. The third-order valence-corrected chi connectivity index (χ3v) is 9.05. The van der Waals surface area contributed by atoms with Gasteiger partial charge in [0.25, 0.3) is 17.4 Å². The second-order valence-electron chi connectivity index (χ2n) is 12.4. The summed E-state index contributed by atoms with van der Waals surface area (Å²) >= 11 is 0. The molecule has 5 N–H and O–H groups in total. The van der Waals surface area contributed by atoms with Crippen LogP contribution < -0.4 is 26.8 Å². The molecule has 4 amide bonds. The van der Waals surface area contributed by atoms with Crippen molar-refractivity contribution in [3.63, 3.8) is 0 Å². The number of benzene rings is 1. The van der Waals surface area contributed by atoms with Crippen LogP contribution in [0.15, 0.2) is 47.4 Å². The van der Waals surface area contributed by atoms with Gasteiger partial charge in [-0.05, 0) is 74.6 Å². The van der Waals surface area contributed by atoms with Crippen molar-refractivity contribution >= 4 is 46.1 Å². The number of H-pyrrole nitrogens is 1. The van der Waals surface area contributed by atoms with Crippen molar-refractivity contribution in [2.75, 3.05) is 11.9 Å². The quantitative estimate of drug-likeness (QED) is 0.190. The van der Waals surface area contributed by atoms with Crippen molar-refractivity contribution in [2.24, 2.45) is 17.8 Å². The van der Waals surface area contributed by atoms with E-state index in [2.05, 4.69) is 38.2 Å². The van der Waals surface area contributed by atoms with Gasteiger partial charge in [-0.15, -0.1) is 0 Å². The second-order valence-corrected chi connectivity index (χ2v) is 12.4. The third kappa shape index (κ3) is 7.69. The number of anilines is 1. The van der Waals surface area contributed by atoms with Gasteiger partial charge in [0.15, 0.2) is 5.82 Å². The third-order valence-electron chi connectivity index (χ3n) is 9.05. The number of nitrogens with one attached hydrogen (secondary N) is 5. The van der Waals surface area contributed by atoms with Gasteiger partial charge in [0.05, 0.1) is 11.0 Å². The zero-order chi connectivity index (χ0) is 32.8. The summed E-state index contributed by atoms with van der Waals surface area (Å²) < 4.78 is 1.22. The molecule has 2 bridgehead atoms. The van der Waals surface area contributed by atoms with E-state index in [4.69, 9.17) is 0 Å². The van der Waals surface area contributed by atoms with E-state index in [1.807, 2.05) is 0 Å². The number of carbonyl (C=O) groups excluding carboxylic acids is 5. The summed E-state index contributed by atoms with van der Waals surface area (Å²) in [6.45, 7) is 3.89. The Hall–Kier alpha value is -4.81. The Kier molecular flexibility index (Phi) is 10.3. The van der Waals surface area contributed by atoms with E-state index in [-0.39, 0.29) is 49.4 Å². The fourth-order valence-electron chi connectivity index (χ4n) is 6.84. The van der Waals surface area contributed by atoms with Gasteiger partial charge in [-0.1, -0.05) is 31.9 Å². The summed E-state index contributed by atoms with van der Waals surface area (Å²) in [4.78, 5) is 84.4. The number of fused-ring (bicyclic) bond motifs is 3. The molecular formula is C33H41N7O6. The lowest BCUT2D eigenvalue weighted by Crippen LogP contribution is -2.50. The van der Waals surface area contributed by atoms with Crippen LogP contribution in [0.1, 0.15) is 69.4 Å². The molecule has 5 unspecified atom stereocenters.